The minimum Gasteiger partial charge on any atom is -0.508 e. The number of phenolic OH excluding ortho intramolecular Hbond substituents is 3. The zero-order valence-corrected chi connectivity index (χ0v) is 12.7. The number of anilines is 5. The van der Waals surface area contributed by atoms with Gasteiger partial charge in [-0.3, -0.25) is 0 Å². The second kappa shape index (κ2) is 6.29. The van der Waals surface area contributed by atoms with Gasteiger partial charge < -0.3 is 31.7 Å². The normalized spacial score (nSPS) is 10.3. The van der Waals surface area contributed by atoms with Crippen molar-refractivity contribution in [2.45, 2.75) is 0 Å². The van der Waals surface area contributed by atoms with E-state index in [0.717, 1.165) is 0 Å². The number of hydrogen-bond acceptors (Lipinski definition) is 6. The minimum absolute atomic E-state index is 0.0245. The molecule has 0 aliphatic carbocycles. The minimum atomic E-state index is 0.0245. The van der Waals surface area contributed by atoms with Crippen LogP contribution >= 0.6 is 0 Å². The molecule has 3 aromatic rings. The predicted octanol–water partition coefficient (Wildman–Crippen LogP) is 3.87. The van der Waals surface area contributed by atoms with Crippen LogP contribution in [0.3, 0.4) is 0 Å². The number of nitrogens with one attached hydrogen (secondary N) is 2. The quantitative estimate of drug-likeness (QED) is 0.321. The smallest absolute Gasteiger partial charge is 0.141 e. The van der Waals surface area contributed by atoms with Crippen LogP contribution in [0.5, 0.6) is 17.2 Å². The fraction of sp³-hybridized carbons (Fsp3) is 0. The first-order chi connectivity index (χ1) is 11.5. The molecule has 0 unspecified atom stereocenters. The van der Waals surface area contributed by atoms with E-state index in [9.17, 15) is 15.3 Å². The summed E-state index contributed by atoms with van der Waals surface area (Å²) in [6, 6.07) is 16.3. The molecule has 0 aliphatic heterocycles. The van der Waals surface area contributed by atoms with Crippen molar-refractivity contribution in [2.75, 3.05) is 16.4 Å². The first-order valence-corrected chi connectivity index (χ1v) is 7.26. The highest BCUT2D eigenvalue weighted by Crippen LogP contribution is 2.33. The Balaban J connectivity index is 1.79. The average molecular weight is 323 g/mol. The molecule has 0 fully saturated rings. The molecule has 0 aliphatic rings. The summed E-state index contributed by atoms with van der Waals surface area (Å²) in [7, 11) is 0. The topological polar surface area (TPSA) is 111 Å². The maximum Gasteiger partial charge on any atom is 0.141 e. The SMILES string of the molecule is Nc1ccc(Nc2ccc(Nc3cccc(O)c3)c(O)c2)c(O)c1. The van der Waals surface area contributed by atoms with Gasteiger partial charge in [-0.2, -0.15) is 0 Å². The van der Waals surface area contributed by atoms with E-state index in [1.165, 1.54) is 12.1 Å². The zero-order chi connectivity index (χ0) is 17.1. The van der Waals surface area contributed by atoms with E-state index in [1.54, 1.807) is 48.5 Å². The number of hydrogen-bond donors (Lipinski definition) is 6. The Bertz CT molecular complexity index is 881. The standard InChI is InChI=1S/C18H17N3O3/c19-11-4-6-15(17(23)8-11)21-13-5-7-16(18(24)10-13)20-12-2-1-3-14(22)9-12/h1-10,20-24H,19H2. The first kappa shape index (κ1) is 15.4. The van der Waals surface area contributed by atoms with E-state index in [2.05, 4.69) is 10.6 Å². The van der Waals surface area contributed by atoms with Crippen LogP contribution in [-0.4, -0.2) is 15.3 Å². The molecule has 0 amide bonds. The zero-order valence-electron chi connectivity index (χ0n) is 12.7. The molecular weight excluding hydrogens is 306 g/mol. The van der Waals surface area contributed by atoms with Gasteiger partial charge in [-0.15, -0.1) is 0 Å². The van der Waals surface area contributed by atoms with Crippen molar-refractivity contribution in [3.63, 3.8) is 0 Å². The van der Waals surface area contributed by atoms with Gasteiger partial charge in [-0.1, -0.05) is 6.07 Å². The van der Waals surface area contributed by atoms with Crippen molar-refractivity contribution in [3.05, 3.63) is 60.7 Å². The highest BCUT2D eigenvalue weighted by atomic mass is 16.3. The molecular formula is C18H17N3O3. The lowest BCUT2D eigenvalue weighted by molar-refractivity contribution is 0.475. The van der Waals surface area contributed by atoms with Crippen molar-refractivity contribution in [1.82, 2.24) is 0 Å². The molecule has 0 bridgehead atoms. The van der Waals surface area contributed by atoms with Gasteiger partial charge in [-0.25, -0.2) is 0 Å². The lowest BCUT2D eigenvalue weighted by Crippen LogP contribution is -1.94. The van der Waals surface area contributed by atoms with Crippen molar-refractivity contribution >= 4 is 28.4 Å². The fourth-order valence-electron chi connectivity index (χ4n) is 2.26. The fourth-order valence-corrected chi connectivity index (χ4v) is 2.26. The van der Waals surface area contributed by atoms with Crippen LogP contribution in [0.4, 0.5) is 28.4 Å². The van der Waals surface area contributed by atoms with Crippen LogP contribution in [-0.2, 0) is 0 Å². The molecule has 24 heavy (non-hydrogen) atoms. The first-order valence-electron chi connectivity index (χ1n) is 7.26. The lowest BCUT2D eigenvalue weighted by Gasteiger charge is -2.12. The van der Waals surface area contributed by atoms with Crippen LogP contribution in [0.25, 0.3) is 0 Å². The highest BCUT2D eigenvalue weighted by Gasteiger charge is 2.06. The monoisotopic (exact) mass is 323 g/mol. The molecule has 6 heteroatoms. The van der Waals surface area contributed by atoms with Gasteiger partial charge in [0.2, 0.25) is 0 Å². The summed E-state index contributed by atoms with van der Waals surface area (Å²) in [5.74, 6) is 0.186. The van der Waals surface area contributed by atoms with E-state index in [4.69, 9.17) is 5.73 Å². The second-order valence-electron chi connectivity index (χ2n) is 5.31. The van der Waals surface area contributed by atoms with Crippen molar-refractivity contribution in [1.29, 1.82) is 0 Å². The lowest BCUT2D eigenvalue weighted by atomic mass is 10.2. The molecule has 0 atom stereocenters. The Labute approximate surface area is 138 Å². The highest BCUT2D eigenvalue weighted by molar-refractivity contribution is 5.74. The van der Waals surface area contributed by atoms with E-state index >= 15 is 0 Å². The molecule has 6 nitrogen and oxygen atoms in total. The summed E-state index contributed by atoms with van der Waals surface area (Å²) in [6.45, 7) is 0. The van der Waals surface area contributed by atoms with E-state index < -0.39 is 0 Å². The molecule has 122 valence electrons. The Morgan fingerprint density at radius 2 is 1.29 bits per heavy atom. The van der Waals surface area contributed by atoms with Crippen LogP contribution < -0.4 is 16.4 Å². The number of aromatic hydroxyl groups is 3. The molecule has 7 N–H and O–H groups in total. The van der Waals surface area contributed by atoms with Gasteiger partial charge in [0, 0.05) is 35.3 Å². The molecule has 0 saturated heterocycles. The Kier molecular flexibility index (Phi) is 4.03. The summed E-state index contributed by atoms with van der Waals surface area (Å²) in [4.78, 5) is 0. The molecule has 0 heterocycles. The molecule has 0 saturated carbocycles. The number of phenols is 3. The molecule has 3 aromatic carbocycles. The molecule has 0 aromatic heterocycles. The Morgan fingerprint density at radius 3 is 1.92 bits per heavy atom. The number of nitrogen functional groups attached to an aromatic ring is 1. The van der Waals surface area contributed by atoms with Gasteiger partial charge in [0.15, 0.2) is 0 Å². The van der Waals surface area contributed by atoms with Crippen LogP contribution in [0.15, 0.2) is 60.7 Å². The second-order valence-corrected chi connectivity index (χ2v) is 5.31. The third-order valence-corrected chi connectivity index (χ3v) is 3.42. The van der Waals surface area contributed by atoms with Crippen molar-refractivity contribution in [3.8, 4) is 17.2 Å². The van der Waals surface area contributed by atoms with E-state index in [1.807, 2.05) is 0 Å². The van der Waals surface area contributed by atoms with Crippen LogP contribution in [0, 0.1) is 0 Å². The summed E-state index contributed by atoms with van der Waals surface area (Å²) in [6.07, 6.45) is 0. The van der Waals surface area contributed by atoms with Gasteiger partial charge in [0.1, 0.15) is 17.2 Å². The van der Waals surface area contributed by atoms with E-state index in [-0.39, 0.29) is 17.2 Å². The third kappa shape index (κ3) is 3.44. The summed E-state index contributed by atoms with van der Waals surface area (Å²) in [5.41, 5.74) is 8.30. The van der Waals surface area contributed by atoms with Crippen LogP contribution in [0.2, 0.25) is 0 Å². The summed E-state index contributed by atoms with van der Waals surface area (Å²) < 4.78 is 0. The molecule has 0 spiro atoms. The predicted molar refractivity (Wildman–Crippen MR) is 95.3 cm³/mol. The maximum absolute atomic E-state index is 10.2. The van der Waals surface area contributed by atoms with Crippen LogP contribution in [0.1, 0.15) is 0 Å². The summed E-state index contributed by atoms with van der Waals surface area (Å²) in [5, 5.41) is 35.5. The van der Waals surface area contributed by atoms with Gasteiger partial charge in [0.05, 0.1) is 11.4 Å². The van der Waals surface area contributed by atoms with Crippen molar-refractivity contribution < 1.29 is 15.3 Å². The number of benzene rings is 3. The summed E-state index contributed by atoms with van der Waals surface area (Å²) >= 11 is 0. The van der Waals surface area contributed by atoms with Gasteiger partial charge in [-0.05, 0) is 36.4 Å². The van der Waals surface area contributed by atoms with Gasteiger partial charge in [0.25, 0.3) is 0 Å². The molecule has 3 rings (SSSR count). The van der Waals surface area contributed by atoms with Crippen molar-refractivity contribution in [2.24, 2.45) is 0 Å². The molecule has 0 radical (unpaired) electrons. The third-order valence-electron chi connectivity index (χ3n) is 3.42. The Hall–Kier alpha value is -3.54. The maximum atomic E-state index is 10.2. The van der Waals surface area contributed by atoms with E-state index in [0.29, 0.717) is 28.4 Å². The largest absolute Gasteiger partial charge is 0.508 e. The van der Waals surface area contributed by atoms with Gasteiger partial charge >= 0.3 is 0 Å². The Morgan fingerprint density at radius 1 is 0.667 bits per heavy atom. The number of nitrogens with two attached hydrogens (primary N) is 1. The average Bonchev–Trinajstić information content (AvgIpc) is 2.53. The number of rotatable bonds is 4.